The van der Waals surface area contributed by atoms with Crippen LogP contribution in [0.3, 0.4) is 0 Å². The Kier molecular flexibility index (Phi) is 16.9. The SMILES string of the molecule is O.O.O.S=NCCN1CCOCC1. The zero-order chi connectivity index (χ0) is 7.23. The Bertz CT molecular complexity index is 111. The van der Waals surface area contributed by atoms with E-state index in [1.54, 1.807) is 0 Å². The van der Waals surface area contributed by atoms with E-state index in [-0.39, 0.29) is 16.4 Å². The van der Waals surface area contributed by atoms with E-state index in [1.807, 2.05) is 0 Å². The van der Waals surface area contributed by atoms with Crippen LogP contribution in [0, 0.1) is 0 Å². The summed E-state index contributed by atoms with van der Waals surface area (Å²) in [5.41, 5.74) is 0. The van der Waals surface area contributed by atoms with Crippen LogP contribution in [0.15, 0.2) is 4.36 Å². The van der Waals surface area contributed by atoms with Crippen molar-refractivity contribution >= 4 is 12.4 Å². The van der Waals surface area contributed by atoms with Crippen LogP contribution >= 0.6 is 0 Å². The molecule has 0 amide bonds. The molecule has 0 spiro atoms. The van der Waals surface area contributed by atoms with Crippen molar-refractivity contribution in [2.45, 2.75) is 0 Å². The van der Waals surface area contributed by atoms with Gasteiger partial charge in [-0.25, -0.2) is 4.36 Å². The standard InChI is InChI=1S/C6H12N2OS.3H2O/c10-7-1-2-8-3-5-9-6-4-8;;;/h1-6H2;3*1H2. The minimum atomic E-state index is 0. The van der Waals surface area contributed by atoms with Crippen molar-refractivity contribution in [2.24, 2.45) is 4.36 Å². The summed E-state index contributed by atoms with van der Waals surface area (Å²) in [6.07, 6.45) is 0. The van der Waals surface area contributed by atoms with Gasteiger partial charge in [-0.05, 0) is 0 Å². The average molecular weight is 214 g/mol. The molecule has 82 valence electrons. The predicted octanol–water partition coefficient (Wildman–Crippen LogP) is -2.42. The van der Waals surface area contributed by atoms with Gasteiger partial charge >= 0.3 is 0 Å². The number of nitrogens with zero attached hydrogens (tertiary/aromatic N) is 2. The molecule has 0 bridgehead atoms. The van der Waals surface area contributed by atoms with E-state index in [0.717, 1.165) is 39.4 Å². The van der Waals surface area contributed by atoms with Crippen LogP contribution in [0.2, 0.25) is 0 Å². The molecule has 0 aromatic rings. The first-order valence-electron chi connectivity index (χ1n) is 3.52. The van der Waals surface area contributed by atoms with Crippen molar-refractivity contribution < 1.29 is 21.2 Å². The van der Waals surface area contributed by atoms with Gasteiger partial charge in [-0.3, -0.25) is 4.90 Å². The molecular formula is C6H18N2O4S. The molecule has 1 fully saturated rings. The molecule has 1 heterocycles. The lowest BCUT2D eigenvalue weighted by Crippen LogP contribution is -2.37. The van der Waals surface area contributed by atoms with Gasteiger partial charge < -0.3 is 21.2 Å². The van der Waals surface area contributed by atoms with Crippen molar-refractivity contribution in [3.63, 3.8) is 0 Å². The largest absolute Gasteiger partial charge is 0.412 e. The Morgan fingerprint density at radius 1 is 1.15 bits per heavy atom. The van der Waals surface area contributed by atoms with E-state index in [2.05, 4.69) is 21.7 Å². The molecular weight excluding hydrogens is 196 g/mol. The fourth-order valence-corrected chi connectivity index (χ4v) is 1.09. The Morgan fingerprint density at radius 2 is 1.69 bits per heavy atom. The first kappa shape index (κ1) is 18.6. The van der Waals surface area contributed by atoms with Gasteiger partial charge in [0.1, 0.15) is 0 Å². The lowest BCUT2D eigenvalue weighted by molar-refractivity contribution is 0.0395. The molecule has 7 heteroatoms. The van der Waals surface area contributed by atoms with Crippen molar-refractivity contribution in [1.29, 1.82) is 0 Å². The van der Waals surface area contributed by atoms with E-state index in [1.165, 1.54) is 0 Å². The third-order valence-corrected chi connectivity index (χ3v) is 1.79. The molecule has 0 aliphatic carbocycles. The highest BCUT2D eigenvalue weighted by Crippen LogP contribution is 1.94. The van der Waals surface area contributed by atoms with E-state index < -0.39 is 0 Å². The van der Waals surface area contributed by atoms with Gasteiger partial charge in [0.25, 0.3) is 0 Å². The molecule has 0 radical (unpaired) electrons. The number of ether oxygens (including phenoxy) is 1. The zero-order valence-electron chi connectivity index (χ0n) is 7.45. The Morgan fingerprint density at radius 3 is 2.15 bits per heavy atom. The highest BCUT2D eigenvalue weighted by atomic mass is 32.1. The van der Waals surface area contributed by atoms with Gasteiger partial charge in [0, 0.05) is 32.1 Å². The maximum absolute atomic E-state index is 5.18. The molecule has 6 N–H and O–H groups in total. The minimum absolute atomic E-state index is 0. The lowest BCUT2D eigenvalue weighted by Gasteiger charge is -2.25. The predicted molar refractivity (Wildman–Crippen MR) is 52.8 cm³/mol. The van der Waals surface area contributed by atoms with E-state index >= 15 is 0 Å². The number of morpholine rings is 1. The fourth-order valence-electron chi connectivity index (χ4n) is 1.01. The molecule has 0 saturated carbocycles. The maximum Gasteiger partial charge on any atom is 0.0648 e. The molecule has 1 rings (SSSR count). The zero-order valence-corrected chi connectivity index (χ0v) is 8.27. The highest BCUT2D eigenvalue weighted by Gasteiger charge is 2.08. The summed E-state index contributed by atoms with van der Waals surface area (Å²) in [5, 5.41) is 0. The average Bonchev–Trinajstić information content (AvgIpc) is 2.03. The quantitative estimate of drug-likeness (QED) is 0.519. The van der Waals surface area contributed by atoms with Crippen LogP contribution in [0.25, 0.3) is 0 Å². The lowest BCUT2D eigenvalue weighted by atomic mass is 10.4. The molecule has 0 aromatic heterocycles. The van der Waals surface area contributed by atoms with Gasteiger partial charge in [-0.2, -0.15) is 0 Å². The first-order chi connectivity index (χ1) is 4.93. The summed E-state index contributed by atoms with van der Waals surface area (Å²) in [6, 6.07) is 0. The second-order valence-electron chi connectivity index (χ2n) is 2.31. The molecule has 13 heavy (non-hydrogen) atoms. The van der Waals surface area contributed by atoms with E-state index in [0.29, 0.717) is 0 Å². The number of hydrogen-bond donors (Lipinski definition) is 0. The smallest absolute Gasteiger partial charge is 0.0648 e. The maximum atomic E-state index is 5.18. The Labute approximate surface area is 83.0 Å². The third kappa shape index (κ3) is 8.16. The van der Waals surface area contributed by atoms with E-state index in [4.69, 9.17) is 4.74 Å². The van der Waals surface area contributed by atoms with Crippen molar-refractivity contribution in [1.82, 2.24) is 4.90 Å². The Balaban J connectivity index is -0.000000333. The summed E-state index contributed by atoms with van der Waals surface area (Å²) in [4.78, 5) is 2.32. The first-order valence-corrected chi connectivity index (χ1v) is 3.89. The summed E-state index contributed by atoms with van der Waals surface area (Å²) < 4.78 is 8.81. The second kappa shape index (κ2) is 11.8. The molecule has 1 aliphatic rings. The van der Waals surface area contributed by atoms with Crippen LogP contribution in [0.5, 0.6) is 0 Å². The van der Waals surface area contributed by atoms with Crippen LogP contribution in [-0.2, 0) is 17.2 Å². The molecule has 0 atom stereocenters. The van der Waals surface area contributed by atoms with Crippen LogP contribution < -0.4 is 0 Å². The fraction of sp³-hybridized carbons (Fsp3) is 1.00. The van der Waals surface area contributed by atoms with Crippen molar-refractivity contribution in [2.75, 3.05) is 39.4 Å². The van der Waals surface area contributed by atoms with Gasteiger partial charge in [0.15, 0.2) is 0 Å². The molecule has 0 unspecified atom stereocenters. The molecule has 0 aromatic carbocycles. The molecule has 1 aliphatic heterocycles. The number of hydrogen-bond acceptors (Lipinski definition) is 4. The van der Waals surface area contributed by atoms with Crippen LogP contribution in [0.4, 0.5) is 0 Å². The summed E-state index contributed by atoms with van der Waals surface area (Å²) in [6.45, 7) is 5.55. The normalized spacial score (nSPS) is 16.0. The van der Waals surface area contributed by atoms with E-state index in [9.17, 15) is 0 Å². The summed E-state index contributed by atoms with van der Waals surface area (Å²) >= 11 is 4.49. The van der Waals surface area contributed by atoms with Gasteiger partial charge in [0.05, 0.1) is 19.8 Å². The minimum Gasteiger partial charge on any atom is -0.412 e. The summed E-state index contributed by atoms with van der Waals surface area (Å²) in [7, 11) is 0. The summed E-state index contributed by atoms with van der Waals surface area (Å²) in [5.74, 6) is 0. The van der Waals surface area contributed by atoms with Crippen molar-refractivity contribution in [3.8, 4) is 0 Å². The second-order valence-corrected chi connectivity index (χ2v) is 2.56. The molecule has 6 nitrogen and oxygen atoms in total. The van der Waals surface area contributed by atoms with Gasteiger partial charge in [-0.15, -0.1) is 0 Å². The van der Waals surface area contributed by atoms with Crippen molar-refractivity contribution in [3.05, 3.63) is 0 Å². The highest BCUT2D eigenvalue weighted by molar-refractivity contribution is 7.47. The third-order valence-electron chi connectivity index (χ3n) is 1.61. The Hall–Kier alpha value is -0.180. The monoisotopic (exact) mass is 214 g/mol. The van der Waals surface area contributed by atoms with Gasteiger partial charge in [0.2, 0.25) is 0 Å². The van der Waals surface area contributed by atoms with Crippen LogP contribution in [-0.4, -0.2) is 60.7 Å². The molecule has 1 saturated heterocycles. The number of rotatable bonds is 3. The van der Waals surface area contributed by atoms with Gasteiger partial charge in [-0.1, -0.05) is 0 Å². The van der Waals surface area contributed by atoms with Crippen LogP contribution in [0.1, 0.15) is 0 Å². The topological polar surface area (TPSA) is 119 Å².